The molecule has 5 heteroatoms. The van der Waals surface area contributed by atoms with Gasteiger partial charge in [-0.2, -0.15) is 0 Å². The van der Waals surface area contributed by atoms with Crippen LogP contribution in [0.4, 0.5) is 10.1 Å². The lowest BCUT2D eigenvalue weighted by molar-refractivity contribution is 0.102. The number of nitrogens with one attached hydrogen (secondary N) is 1. The van der Waals surface area contributed by atoms with Crippen LogP contribution in [0.3, 0.4) is 0 Å². The fraction of sp³-hybridized carbons (Fsp3) is 0.133. The maximum atomic E-state index is 13.5. The number of halogens is 2. The molecule has 104 valence electrons. The summed E-state index contributed by atoms with van der Waals surface area (Å²) in [6.07, 6.45) is 0. The van der Waals surface area contributed by atoms with Gasteiger partial charge in [-0.3, -0.25) is 4.79 Å². The third kappa shape index (κ3) is 3.15. The lowest BCUT2D eigenvalue weighted by Crippen LogP contribution is -2.13. The SMILES string of the molecule is Cc1cc(Cl)c(C(=O)Nc2cccc(CN)c2)cc1F. The molecule has 2 aromatic carbocycles. The van der Waals surface area contributed by atoms with Crippen molar-refractivity contribution in [1.82, 2.24) is 0 Å². The standard InChI is InChI=1S/C15H14ClFN2O/c1-9-5-13(16)12(7-14(9)17)15(20)19-11-4-2-3-10(6-11)8-18/h2-7H,8,18H2,1H3,(H,19,20). The Bertz CT molecular complexity index is 658. The quantitative estimate of drug-likeness (QED) is 0.910. The number of hydrogen-bond donors (Lipinski definition) is 2. The fourth-order valence-electron chi connectivity index (χ4n) is 1.79. The number of anilines is 1. The van der Waals surface area contributed by atoms with E-state index in [-0.39, 0.29) is 10.6 Å². The van der Waals surface area contributed by atoms with Crippen LogP contribution >= 0.6 is 11.6 Å². The molecular weight excluding hydrogens is 279 g/mol. The number of rotatable bonds is 3. The summed E-state index contributed by atoms with van der Waals surface area (Å²) in [5.74, 6) is -0.918. The van der Waals surface area contributed by atoms with E-state index in [0.717, 1.165) is 11.6 Å². The molecule has 2 aromatic rings. The minimum Gasteiger partial charge on any atom is -0.326 e. The highest BCUT2D eigenvalue weighted by molar-refractivity contribution is 6.34. The van der Waals surface area contributed by atoms with Gasteiger partial charge in [-0.05, 0) is 42.3 Å². The predicted molar refractivity (Wildman–Crippen MR) is 78.4 cm³/mol. The topological polar surface area (TPSA) is 55.1 Å². The highest BCUT2D eigenvalue weighted by Crippen LogP contribution is 2.22. The summed E-state index contributed by atoms with van der Waals surface area (Å²) in [4.78, 5) is 12.1. The second-order valence-electron chi connectivity index (χ2n) is 4.44. The van der Waals surface area contributed by atoms with Crippen LogP contribution in [0.15, 0.2) is 36.4 Å². The second-order valence-corrected chi connectivity index (χ2v) is 4.85. The first-order chi connectivity index (χ1) is 9.51. The van der Waals surface area contributed by atoms with Gasteiger partial charge in [-0.15, -0.1) is 0 Å². The minimum absolute atomic E-state index is 0.105. The van der Waals surface area contributed by atoms with E-state index < -0.39 is 11.7 Å². The third-order valence-electron chi connectivity index (χ3n) is 2.91. The van der Waals surface area contributed by atoms with E-state index in [9.17, 15) is 9.18 Å². The van der Waals surface area contributed by atoms with Gasteiger partial charge in [0.2, 0.25) is 0 Å². The monoisotopic (exact) mass is 292 g/mol. The Balaban J connectivity index is 2.26. The van der Waals surface area contributed by atoms with Crippen LogP contribution in [0.25, 0.3) is 0 Å². The molecule has 0 aliphatic carbocycles. The molecule has 0 unspecified atom stereocenters. The smallest absolute Gasteiger partial charge is 0.257 e. The van der Waals surface area contributed by atoms with E-state index in [0.29, 0.717) is 17.8 Å². The van der Waals surface area contributed by atoms with Gasteiger partial charge in [0.25, 0.3) is 5.91 Å². The van der Waals surface area contributed by atoms with E-state index in [2.05, 4.69) is 5.32 Å². The molecule has 0 aliphatic heterocycles. The summed E-state index contributed by atoms with van der Waals surface area (Å²) >= 11 is 5.97. The van der Waals surface area contributed by atoms with Crippen molar-refractivity contribution >= 4 is 23.2 Å². The van der Waals surface area contributed by atoms with Gasteiger partial charge >= 0.3 is 0 Å². The zero-order chi connectivity index (χ0) is 14.7. The Morgan fingerprint density at radius 1 is 1.35 bits per heavy atom. The van der Waals surface area contributed by atoms with Crippen molar-refractivity contribution in [3.05, 3.63) is 63.9 Å². The normalized spacial score (nSPS) is 10.4. The van der Waals surface area contributed by atoms with E-state index in [4.69, 9.17) is 17.3 Å². The average molecular weight is 293 g/mol. The summed E-state index contributed by atoms with van der Waals surface area (Å²) in [6.45, 7) is 1.97. The maximum absolute atomic E-state index is 13.5. The Kier molecular flexibility index (Phi) is 4.37. The van der Waals surface area contributed by atoms with Crippen molar-refractivity contribution in [2.45, 2.75) is 13.5 Å². The van der Waals surface area contributed by atoms with E-state index in [1.807, 2.05) is 6.07 Å². The van der Waals surface area contributed by atoms with Crippen molar-refractivity contribution in [2.75, 3.05) is 5.32 Å². The zero-order valence-electron chi connectivity index (χ0n) is 10.9. The first kappa shape index (κ1) is 14.5. The van der Waals surface area contributed by atoms with Crippen molar-refractivity contribution in [2.24, 2.45) is 5.73 Å². The van der Waals surface area contributed by atoms with Gasteiger partial charge in [0, 0.05) is 12.2 Å². The maximum Gasteiger partial charge on any atom is 0.257 e. The molecule has 0 atom stereocenters. The van der Waals surface area contributed by atoms with Crippen molar-refractivity contribution in [3.8, 4) is 0 Å². The molecule has 0 heterocycles. The van der Waals surface area contributed by atoms with Crippen LogP contribution in [0, 0.1) is 12.7 Å². The molecule has 0 saturated heterocycles. The molecule has 0 saturated carbocycles. The Labute approximate surface area is 121 Å². The van der Waals surface area contributed by atoms with E-state index in [1.165, 1.54) is 6.07 Å². The van der Waals surface area contributed by atoms with Crippen molar-refractivity contribution in [1.29, 1.82) is 0 Å². The molecule has 3 N–H and O–H groups in total. The molecule has 0 radical (unpaired) electrons. The van der Waals surface area contributed by atoms with Gasteiger partial charge in [-0.1, -0.05) is 23.7 Å². The highest BCUT2D eigenvalue weighted by Gasteiger charge is 2.13. The average Bonchev–Trinajstić information content (AvgIpc) is 2.43. The number of amides is 1. The number of aryl methyl sites for hydroxylation is 1. The van der Waals surface area contributed by atoms with Gasteiger partial charge < -0.3 is 11.1 Å². The first-order valence-corrected chi connectivity index (χ1v) is 6.45. The number of carbonyl (C=O) groups excluding carboxylic acids is 1. The Hall–Kier alpha value is -1.91. The summed E-state index contributed by atoms with van der Waals surface area (Å²) in [6, 6.07) is 9.71. The summed E-state index contributed by atoms with van der Waals surface area (Å²) < 4.78 is 13.5. The second kappa shape index (κ2) is 6.03. The van der Waals surface area contributed by atoms with Gasteiger partial charge in [0.05, 0.1) is 10.6 Å². The molecule has 1 amide bonds. The van der Waals surface area contributed by atoms with Gasteiger partial charge in [0.1, 0.15) is 5.82 Å². The molecule has 0 spiro atoms. The van der Waals surface area contributed by atoms with Gasteiger partial charge in [-0.25, -0.2) is 4.39 Å². The van der Waals surface area contributed by atoms with Crippen LogP contribution in [0.2, 0.25) is 5.02 Å². The Morgan fingerprint density at radius 2 is 2.10 bits per heavy atom. The molecule has 0 fully saturated rings. The fourth-order valence-corrected chi connectivity index (χ4v) is 2.10. The van der Waals surface area contributed by atoms with E-state index >= 15 is 0 Å². The summed E-state index contributed by atoms with van der Waals surface area (Å²) in [5.41, 5.74) is 7.53. The van der Waals surface area contributed by atoms with Crippen LogP contribution in [-0.4, -0.2) is 5.91 Å². The van der Waals surface area contributed by atoms with Crippen LogP contribution in [0.1, 0.15) is 21.5 Å². The van der Waals surface area contributed by atoms with E-state index in [1.54, 1.807) is 25.1 Å². The third-order valence-corrected chi connectivity index (χ3v) is 3.23. The largest absolute Gasteiger partial charge is 0.326 e. The molecule has 2 rings (SSSR count). The molecule has 0 aromatic heterocycles. The zero-order valence-corrected chi connectivity index (χ0v) is 11.7. The van der Waals surface area contributed by atoms with Crippen LogP contribution in [0.5, 0.6) is 0 Å². The minimum atomic E-state index is -0.463. The lowest BCUT2D eigenvalue weighted by atomic mass is 10.1. The molecular formula is C15H14ClFN2O. The molecule has 20 heavy (non-hydrogen) atoms. The molecule has 0 bridgehead atoms. The van der Waals surface area contributed by atoms with Crippen LogP contribution in [-0.2, 0) is 6.54 Å². The summed E-state index contributed by atoms with van der Waals surface area (Å²) in [7, 11) is 0. The summed E-state index contributed by atoms with van der Waals surface area (Å²) in [5, 5.41) is 2.89. The predicted octanol–water partition coefficient (Wildman–Crippen LogP) is 3.50. The number of hydrogen-bond acceptors (Lipinski definition) is 2. The van der Waals surface area contributed by atoms with Crippen LogP contribution < -0.4 is 11.1 Å². The first-order valence-electron chi connectivity index (χ1n) is 6.07. The number of nitrogens with two attached hydrogens (primary N) is 1. The number of benzene rings is 2. The lowest BCUT2D eigenvalue weighted by Gasteiger charge is -2.09. The highest BCUT2D eigenvalue weighted by atomic mass is 35.5. The Morgan fingerprint density at radius 3 is 2.80 bits per heavy atom. The van der Waals surface area contributed by atoms with Crippen molar-refractivity contribution < 1.29 is 9.18 Å². The van der Waals surface area contributed by atoms with Gasteiger partial charge in [0.15, 0.2) is 0 Å². The molecule has 3 nitrogen and oxygen atoms in total. The molecule has 0 aliphatic rings. The van der Waals surface area contributed by atoms with Crippen molar-refractivity contribution in [3.63, 3.8) is 0 Å². The number of carbonyl (C=O) groups is 1.